The third-order valence-electron chi connectivity index (χ3n) is 6.48. The van der Waals surface area contributed by atoms with Gasteiger partial charge in [-0.2, -0.15) is 0 Å². The van der Waals surface area contributed by atoms with Crippen molar-refractivity contribution in [1.29, 1.82) is 0 Å². The van der Waals surface area contributed by atoms with Crippen molar-refractivity contribution in [3.8, 4) is 11.8 Å². The van der Waals surface area contributed by atoms with Crippen LogP contribution in [-0.4, -0.2) is 54.9 Å². The number of rotatable bonds is 2. The van der Waals surface area contributed by atoms with E-state index in [2.05, 4.69) is 32.1 Å². The Morgan fingerprint density at radius 2 is 2.03 bits per heavy atom. The molecule has 32 heavy (non-hydrogen) atoms. The third-order valence-corrected chi connectivity index (χ3v) is 6.48. The fourth-order valence-electron chi connectivity index (χ4n) is 4.82. The van der Waals surface area contributed by atoms with Gasteiger partial charge in [0.05, 0.1) is 29.6 Å². The second kappa shape index (κ2) is 7.05. The molecular weight excluding hydrogens is 420 g/mol. The van der Waals surface area contributed by atoms with Crippen molar-refractivity contribution in [2.75, 3.05) is 7.05 Å². The van der Waals surface area contributed by atoms with Crippen LogP contribution in [0.3, 0.4) is 0 Å². The largest absolute Gasteiger partial charge is 0.389 e. The van der Waals surface area contributed by atoms with E-state index in [1.165, 1.54) is 19.4 Å². The molecule has 2 heterocycles. The first-order valence-electron chi connectivity index (χ1n) is 10.0. The second-order valence-electron chi connectivity index (χ2n) is 8.19. The number of aliphatic hydroxyl groups is 2. The molecule has 2 aromatic heterocycles. The minimum atomic E-state index is -1.20. The van der Waals surface area contributed by atoms with E-state index < -0.39 is 35.3 Å². The molecule has 0 aliphatic heterocycles. The summed E-state index contributed by atoms with van der Waals surface area (Å²) < 4.78 is 28.2. The van der Waals surface area contributed by atoms with Crippen molar-refractivity contribution >= 4 is 17.1 Å². The van der Waals surface area contributed by atoms with E-state index in [1.54, 1.807) is 11.5 Å². The highest BCUT2D eigenvalue weighted by molar-refractivity contribution is 5.87. The van der Waals surface area contributed by atoms with Gasteiger partial charge in [-0.3, -0.25) is 4.79 Å². The average molecular weight is 439 g/mol. The maximum absolute atomic E-state index is 13.4. The van der Waals surface area contributed by atoms with Crippen LogP contribution in [0, 0.1) is 41.7 Å². The summed E-state index contributed by atoms with van der Waals surface area (Å²) in [4.78, 5) is 25.5. The SMILES string of the molecule is CNC(=O)[C@]12C[C@@H]1[C@@H](n1cnc3c(C)nc(C#Cc4ccc(F)c(F)c4)nc31)[C@H](O)[C@@H]2O. The van der Waals surface area contributed by atoms with Crippen molar-refractivity contribution in [1.82, 2.24) is 24.8 Å². The Kier molecular flexibility index (Phi) is 4.51. The quantitative estimate of drug-likeness (QED) is 0.510. The van der Waals surface area contributed by atoms with Gasteiger partial charge in [0.25, 0.3) is 0 Å². The Morgan fingerprint density at radius 3 is 2.75 bits per heavy atom. The predicted molar refractivity (Wildman–Crippen MR) is 108 cm³/mol. The molecule has 1 aromatic carbocycles. The highest BCUT2D eigenvalue weighted by Gasteiger charge is 2.75. The van der Waals surface area contributed by atoms with Gasteiger partial charge >= 0.3 is 0 Å². The van der Waals surface area contributed by atoms with Crippen LogP contribution in [-0.2, 0) is 4.79 Å². The van der Waals surface area contributed by atoms with Gasteiger partial charge in [-0.25, -0.2) is 23.7 Å². The molecule has 3 aromatic rings. The number of hydrogen-bond donors (Lipinski definition) is 3. The molecule has 164 valence electrons. The number of carbonyl (C=O) groups is 1. The van der Waals surface area contributed by atoms with Crippen molar-refractivity contribution < 1.29 is 23.8 Å². The standard InChI is InChI=1S/C22H19F2N5O3/c1-10-16-20(28-15(27-10)6-4-11-3-5-13(23)14(24)7-11)29(9-26-16)17-12-8-22(12,21(32)25-2)19(31)18(17)30/h3,5,7,9,12,17-19,30-31H,8H2,1-2H3,(H,25,32)/t12-,17-,18+,19+,22-/m1/s1. The number of benzene rings is 1. The Labute approximate surface area is 181 Å². The van der Waals surface area contributed by atoms with Crippen molar-refractivity contribution in [2.45, 2.75) is 31.6 Å². The lowest BCUT2D eigenvalue weighted by molar-refractivity contribution is -0.132. The molecule has 8 nitrogen and oxygen atoms in total. The number of aliphatic hydroxyl groups excluding tert-OH is 2. The molecule has 0 radical (unpaired) electrons. The summed E-state index contributed by atoms with van der Waals surface area (Å²) in [6.45, 7) is 1.73. The maximum Gasteiger partial charge on any atom is 0.229 e. The smallest absolute Gasteiger partial charge is 0.229 e. The van der Waals surface area contributed by atoms with Crippen molar-refractivity contribution in [3.63, 3.8) is 0 Å². The molecule has 5 atom stereocenters. The zero-order valence-electron chi connectivity index (χ0n) is 17.2. The Balaban J connectivity index is 1.54. The van der Waals surface area contributed by atoms with E-state index in [0.717, 1.165) is 12.1 Å². The minimum absolute atomic E-state index is 0.142. The zero-order chi connectivity index (χ0) is 22.8. The fraction of sp³-hybridized carbons (Fsp3) is 0.364. The van der Waals surface area contributed by atoms with Gasteiger partial charge in [0.15, 0.2) is 17.3 Å². The summed E-state index contributed by atoms with van der Waals surface area (Å²) in [6.07, 6.45) is -0.416. The summed E-state index contributed by atoms with van der Waals surface area (Å²) in [5.74, 6) is 3.07. The number of nitrogens with zero attached hydrogens (tertiary/aromatic N) is 4. The van der Waals surface area contributed by atoms with Crippen LogP contribution in [0.5, 0.6) is 0 Å². The number of fused-ring (bicyclic) bond motifs is 2. The third kappa shape index (κ3) is 2.82. The lowest BCUT2D eigenvalue weighted by atomic mass is 9.98. The summed E-state index contributed by atoms with van der Waals surface area (Å²) in [5.41, 5.74) is 0.699. The number of carbonyl (C=O) groups excluding carboxylic acids is 1. The van der Waals surface area contributed by atoms with Gasteiger partial charge in [-0.05, 0) is 37.5 Å². The van der Waals surface area contributed by atoms with E-state index in [-0.39, 0.29) is 23.2 Å². The number of aryl methyl sites for hydroxylation is 1. The molecule has 0 spiro atoms. The first kappa shape index (κ1) is 20.5. The fourth-order valence-corrected chi connectivity index (χ4v) is 4.82. The van der Waals surface area contributed by atoms with Gasteiger partial charge in [0.1, 0.15) is 11.6 Å². The van der Waals surface area contributed by atoms with Gasteiger partial charge < -0.3 is 20.1 Å². The molecule has 2 fully saturated rings. The van der Waals surface area contributed by atoms with Crippen LogP contribution >= 0.6 is 0 Å². The van der Waals surface area contributed by atoms with Crippen molar-refractivity contribution in [2.24, 2.45) is 11.3 Å². The Bertz CT molecular complexity index is 1330. The van der Waals surface area contributed by atoms with E-state index in [0.29, 0.717) is 23.3 Å². The molecule has 2 aliphatic carbocycles. The van der Waals surface area contributed by atoms with Crippen molar-refractivity contribution in [3.05, 3.63) is 53.2 Å². The lowest BCUT2D eigenvalue weighted by Gasteiger charge is -2.23. The molecule has 3 N–H and O–H groups in total. The normalized spacial score (nSPS) is 28.2. The van der Waals surface area contributed by atoms with E-state index in [4.69, 9.17) is 0 Å². The highest BCUT2D eigenvalue weighted by atomic mass is 19.2. The van der Waals surface area contributed by atoms with Crippen LogP contribution in [0.4, 0.5) is 8.78 Å². The van der Waals surface area contributed by atoms with Crippen LogP contribution < -0.4 is 5.32 Å². The first-order chi connectivity index (χ1) is 15.3. The zero-order valence-corrected chi connectivity index (χ0v) is 17.2. The number of hydrogen-bond acceptors (Lipinski definition) is 6. The molecule has 0 saturated heterocycles. The number of halogens is 2. The first-order valence-corrected chi connectivity index (χ1v) is 10.0. The van der Waals surface area contributed by atoms with Crippen LogP contribution in [0.15, 0.2) is 24.5 Å². The van der Waals surface area contributed by atoms with Crippen LogP contribution in [0.2, 0.25) is 0 Å². The summed E-state index contributed by atoms with van der Waals surface area (Å²) >= 11 is 0. The number of nitrogens with one attached hydrogen (secondary N) is 1. The molecule has 2 saturated carbocycles. The molecule has 10 heteroatoms. The lowest BCUT2D eigenvalue weighted by Crippen LogP contribution is -2.41. The number of amides is 1. The molecule has 2 aliphatic rings. The van der Waals surface area contributed by atoms with Gasteiger partial charge in [0, 0.05) is 18.5 Å². The molecular formula is C22H19F2N5O3. The van der Waals surface area contributed by atoms with E-state index >= 15 is 0 Å². The summed E-state index contributed by atoms with van der Waals surface area (Å²) in [6, 6.07) is 2.74. The average Bonchev–Trinajstić information content (AvgIpc) is 3.31. The molecule has 1 amide bonds. The molecule has 0 unspecified atom stereocenters. The Hall–Kier alpha value is -3.42. The van der Waals surface area contributed by atoms with Crippen LogP contribution in [0.1, 0.15) is 29.5 Å². The number of imidazole rings is 1. The van der Waals surface area contributed by atoms with Crippen LogP contribution in [0.25, 0.3) is 11.2 Å². The highest BCUT2D eigenvalue weighted by Crippen LogP contribution is 2.67. The number of aromatic nitrogens is 4. The van der Waals surface area contributed by atoms with Gasteiger partial charge in [0.2, 0.25) is 11.7 Å². The Morgan fingerprint density at radius 1 is 1.25 bits per heavy atom. The summed E-state index contributed by atoms with van der Waals surface area (Å²) in [5, 5.41) is 23.9. The van der Waals surface area contributed by atoms with E-state index in [1.807, 2.05) is 0 Å². The summed E-state index contributed by atoms with van der Waals surface area (Å²) in [7, 11) is 1.50. The monoisotopic (exact) mass is 439 g/mol. The van der Waals surface area contributed by atoms with Gasteiger partial charge in [-0.1, -0.05) is 5.92 Å². The maximum atomic E-state index is 13.4. The molecule has 0 bridgehead atoms. The van der Waals surface area contributed by atoms with E-state index in [9.17, 15) is 23.8 Å². The second-order valence-corrected chi connectivity index (χ2v) is 8.19. The predicted octanol–water partition coefficient (Wildman–Crippen LogP) is 0.842. The topological polar surface area (TPSA) is 113 Å². The molecule has 5 rings (SSSR count). The minimum Gasteiger partial charge on any atom is -0.389 e. The van der Waals surface area contributed by atoms with Gasteiger partial charge in [-0.15, -0.1) is 0 Å².